The number of halogens is 2. The molecular weight excluding hydrogens is 372 g/mol. The molecule has 1 aromatic carbocycles. The van der Waals surface area contributed by atoms with E-state index in [-0.39, 0.29) is 23.1 Å². The van der Waals surface area contributed by atoms with Gasteiger partial charge in [0.05, 0.1) is 6.54 Å². The Bertz CT molecular complexity index is 881. The molecule has 1 atom stereocenters. The summed E-state index contributed by atoms with van der Waals surface area (Å²) in [6.07, 6.45) is 4.39. The number of nitrogens with zero attached hydrogens (tertiary/aromatic N) is 3. The van der Waals surface area contributed by atoms with E-state index < -0.39 is 0 Å². The summed E-state index contributed by atoms with van der Waals surface area (Å²) in [6.45, 7) is 4.71. The molecular formula is C22H27F2N5. The minimum atomic E-state index is -0.297. The lowest BCUT2D eigenvalue weighted by Crippen LogP contribution is -2.45. The van der Waals surface area contributed by atoms with Crippen molar-refractivity contribution < 1.29 is 8.78 Å². The third-order valence-corrected chi connectivity index (χ3v) is 5.75. The SMILES string of the molecule is CCNC(=NCC1(c2ccccc2F)CC1)NC1CCN(c2ncccc2F)C1. The molecule has 1 saturated heterocycles. The number of aromatic nitrogens is 1. The van der Waals surface area contributed by atoms with Gasteiger partial charge in [0.15, 0.2) is 17.6 Å². The summed E-state index contributed by atoms with van der Waals surface area (Å²) in [4.78, 5) is 10.9. The summed E-state index contributed by atoms with van der Waals surface area (Å²) in [7, 11) is 0. The molecule has 29 heavy (non-hydrogen) atoms. The standard InChI is InChI=1S/C22H27F2N5/c1-2-25-21(27-15-22(10-11-22)17-6-3-4-7-18(17)23)28-16-9-13-29(14-16)20-19(24)8-5-12-26-20/h3-8,12,16H,2,9-11,13-15H2,1H3,(H2,25,27,28). The van der Waals surface area contributed by atoms with Crippen molar-refractivity contribution in [2.75, 3.05) is 31.1 Å². The van der Waals surface area contributed by atoms with Crippen LogP contribution in [0.3, 0.4) is 0 Å². The van der Waals surface area contributed by atoms with Crippen molar-refractivity contribution in [3.63, 3.8) is 0 Å². The first-order valence-electron chi connectivity index (χ1n) is 10.3. The number of anilines is 1. The second-order valence-corrected chi connectivity index (χ2v) is 7.84. The first kappa shape index (κ1) is 19.6. The van der Waals surface area contributed by atoms with Gasteiger partial charge in [0.1, 0.15) is 5.82 Å². The van der Waals surface area contributed by atoms with Crippen LogP contribution in [0.25, 0.3) is 0 Å². The molecule has 2 fully saturated rings. The van der Waals surface area contributed by atoms with Crippen molar-refractivity contribution in [2.45, 2.75) is 37.6 Å². The van der Waals surface area contributed by atoms with Crippen LogP contribution in [-0.2, 0) is 5.41 Å². The highest BCUT2D eigenvalue weighted by molar-refractivity contribution is 5.80. The van der Waals surface area contributed by atoms with Gasteiger partial charge in [-0.25, -0.2) is 13.8 Å². The summed E-state index contributed by atoms with van der Waals surface area (Å²) < 4.78 is 28.3. The highest BCUT2D eigenvalue weighted by atomic mass is 19.1. The number of hydrogen-bond donors (Lipinski definition) is 2. The van der Waals surface area contributed by atoms with Crippen molar-refractivity contribution in [1.82, 2.24) is 15.6 Å². The number of hydrogen-bond acceptors (Lipinski definition) is 3. The minimum Gasteiger partial charge on any atom is -0.357 e. The van der Waals surface area contributed by atoms with E-state index >= 15 is 0 Å². The van der Waals surface area contributed by atoms with Gasteiger partial charge in [0.25, 0.3) is 0 Å². The van der Waals surface area contributed by atoms with E-state index in [9.17, 15) is 8.78 Å². The Hall–Kier alpha value is -2.70. The molecule has 7 heteroatoms. The molecule has 1 unspecified atom stereocenters. The summed E-state index contributed by atoms with van der Waals surface area (Å²) in [5.74, 6) is 0.676. The summed E-state index contributed by atoms with van der Waals surface area (Å²) in [6, 6.07) is 10.2. The van der Waals surface area contributed by atoms with E-state index in [1.807, 2.05) is 24.0 Å². The van der Waals surface area contributed by atoms with Gasteiger partial charge in [-0.1, -0.05) is 18.2 Å². The second kappa shape index (κ2) is 8.35. The van der Waals surface area contributed by atoms with Gasteiger partial charge in [0.2, 0.25) is 0 Å². The molecule has 2 N–H and O–H groups in total. The lowest BCUT2D eigenvalue weighted by Gasteiger charge is -2.21. The van der Waals surface area contributed by atoms with E-state index in [1.54, 1.807) is 18.3 Å². The molecule has 1 saturated carbocycles. The van der Waals surface area contributed by atoms with Gasteiger partial charge in [-0.05, 0) is 49.9 Å². The average Bonchev–Trinajstić information content (AvgIpc) is 3.37. The normalized spacial score (nSPS) is 20.6. The minimum absolute atomic E-state index is 0.151. The zero-order valence-electron chi connectivity index (χ0n) is 16.7. The van der Waals surface area contributed by atoms with Gasteiger partial charge in [-0.15, -0.1) is 0 Å². The third-order valence-electron chi connectivity index (χ3n) is 5.75. The molecule has 1 aliphatic heterocycles. The lowest BCUT2D eigenvalue weighted by molar-refractivity contribution is 0.570. The molecule has 1 aromatic heterocycles. The van der Waals surface area contributed by atoms with Crippen LogP contribution in [0.5, 0.6) is 0 Å². The van der Waals surface area contributed by atoms with Crippen LogP contribution in [0.2, 0.25) is 0 Å². The molecule has 2 aromatic rings. The van der Waals surface area contributed by atoms with Crippen molar-refractivity contribution in [3.8, 4) is 0 Å². The Labute approximate surface area is 170 Å². The topological polar surface area (TPSA) is 52.6 Å². The first-order chi connectivity index (χ1) is 14.1. The zero-order valence-corrected chi connectivity index (χ0v) is 16.7. The highest BCUT2D eigenvalue weighted by Crippen LogP contribution is 2.49. The van der Waals surface area contributed by atoms with Gasteiger partial charge in [-0.3, -0.25) is 4.99 Å². The van der Waals surface area contributed by atoms with Crippen molar-refractivity contribution >= 4 is 11.8 Å². The van der Waals surface area contributed by atoms with E-state index in [2.05, 4.69) is 15.6 Å². The smallest absolute Gasteiger partial charge is 0.191 e. The molecule has 5 nitrogen and oxygen atoms in total. The van der Waals surface area contributed by atoms with E-state index in [0.717, 1.165) is 43.9 Å². The Morgan fingerprint density at radius 2 is 2.00 bits per heavy atom. The van der Waals surface area contributed by atoms with Crippen LogP contribution in [0, 0.1) is 11.6 Å². The maximum atomic E-state index is 14.2. The molecule has 154 valence electrons. The molecule has 2 aliphatic rings. The lowest BCUT2D eigenvalue weighted by atomic mass is 9.95. The molecule has 2 heterocycles. The van der Waals surface area contributed by atoms with Crippen molar-refractivity contribution in [1.29, 1.82) is 0 Å². The predicted molar refractivity (Wildman–Crippen MR) is 111 cm³/mol. The van der Waals surface area contributed by atoms with Crippen LogP contribution in [0.4, 0.5) is 14.6 Å². The Kier molecular flexibility index (Phi) is 5.65. The second-order valence-electron chi connectivity index (χ2n) is 7.84. The first-order valence-corrected chi connectivity index (χ1v) is 10.3. The Morgan fingerprint density at radius 1 is 1.21 bits per heavy atom. The fourth-order valence-electron chi connectivity index (χ4n) is 3.98. The number of benzene rings is 1. The third kappa shape index (κ3) is 4.33. The van der Waals surface area contributed by atoms with Crippen molar-refractivity contribution in [2.24, 2.45) is 4.99 Å². The van der Waals surface area contributed by atoms with Crippen LogP contribution in [0.15, 0.2) is 47.6 Å². The van der Waals surface area contributed by atoms with Gasteiger partial charge < -0.3 is 15.5 Å². The largest absolute Gasteiger partial charge is 0.357 e. The van der Waals surface area contributed by atoms with Crippen molar-refractivity contribution in [3.05, 3.63) is 59.8 Å². The molecule has 0 spiro atoms. The Balaban J connectivity index is 1.41. The highest BCUT2D eigenvalue weighted by Gasteiger charge is 2.45. The summed E-state index contributed by atoms with van der Waals surface area (Å²) >= 11 is 0. The predicted octanol–water partition coefficient (Wildman–Crippen LogP) is 3.23. The van der Waals surface area contributed by atoms with Crippen LogP contribution in [0.1, 0.15) is 31.7 Å². The van der Waals surface area contributed by atoms with Gasteiger partial charge in [0, 0.05) is 37.3 Å². The molecule has 0 bridgehead atoms. The number of nitrogens with one attached hydrogen (secondary N) is 2. The number of guanidine groups is 1. The molecule has 0 radical (unpaired) electrons. The molecule has 4 rings (SSSR count). The monoisotopic (exact) mass is 399 g/mol. The maximum Gasteiger partial charge on any atom is 0.191 e. The number of pyridine rings is 1. The summed E-state index contributed by atoms with van der Waals surface area (Å²) in [5, 5.41) is 6.73. The van der Waals surface area contributed by atoms with Crippen LogP contribution >= 0.6 is 0 Å². The van der Waals surface area contributed by atoms with E-state index in [4.69, 9.17) is 4.99 Å². The molecule has 0 amide bonds. The van der Waals surface area contributed by atoms with Gasteiger partial charge >= 0.3 is 0 Å². The zero-order chi connectivity index (χ0) is 20.3. The van der Waals surface area contributed by atoms with Gasteiger partial charge in [-0.2, -0.15) is 0 Å². The van der Waals surface area contributed by atoms with Crippen LogP contribution < -0.4 is 15.5 Å². The van der Waals surface area contributed by atoms with Crippen LogP contribution in [-0.4, -0.2) is 43.2 Å². The number of rotatable bonds is 6. The quantitative estimate of drug-likeness (QED) is 0.579. The Morgan fingerprint density at radius 3 is 2.72 bits per heavy atom. The molecule has 1 aliphatic carbocycles. The van der Waals surface area contributed by atoms with E-state index in [0.29, 0.717) is 18.9 Å². The fourth-order valence-corrected chi connectivity index (χ4v) is 3.98. The number of aliphatic imine (C=N–C) groups is 1. The summed E-state index contributed by atoms with van der Waals surface area (Å²) in [5.41, 5.74) is 0.573. The fraction of sp³-hybridized carbons (Fsp3) is 0.455. The maximum absolute atomic E-state index is 14.2. The van der Waals surface area contributed by atoms with E-state index in [1.165, 1.54) is 12.1 Å². The average molecular weight is 399 g/mol.